The average molecular weight is 181 g/mol. The number of amides is 2. The summed E-state index contributed by atoms with van der Waals surface area (Å²) in [5.74, 6) is -0.434. The molecule has 0 bridgehead atoms. The molecule has 0 aromatic heterocycles. The molecule has 72 valence electrons. The van der Waals surface area contributed by atoms with E-state index >= 15 is 0 Å². The number of rotatable bonds is 1. The smallest absolute Gasteiger partial charge is 0.253 e. The molecule has 0 aliphatic carbocycles. The van der Waals surface area contributed by atoms with Gasteiger partial charge in [0.25, 0.3) is 5.91 Å². The van der Waals surface area contributed by atoms with Crippen LogP contribution in [0.1, 0.15) is 27.7 Å². The predicted molar refractivity (Wildman–Crippen MR) is 49.9 cm³/mol. The van der Waals surface area contributed by atoms with Crippen molar-refractivity contribution in [3.63, 3.8) is 0 Å². The summed E-state index contributed by atoms with van der Waals surface area (Å²) in [7, 11) is 0. The molecule has 0 atom stereocenters. The molecule has 0 aromatic carbocycles. The number of carbonyl (C=O) groups is 2. The van der Waals surface area contributed by atoms with Gasteiger partial charge in [-0.25, -0.2) is 0 Å². The zero-order valence-electron chi connectivity index (χ0n) is 8.55. The van der Waals surface area contributed by atoms with Crippen LogP contribution in [-0.4, -0.2) is 22.3 Å². The lowest BCUT2D eigenvalue weighted by atomic mass is 9.64. The van der Waals surface area contributed by atoms with Crippen molar-refractivity contribution in [1.29, 1.82) is 0 Å². The lowest BCUT2D eigenvalue weighted by Gasteiger charge is -2.58. The summed E-state index contributed by atoms with van der Waals surface area (Å²) >= 11 is 0. The molecule has 1 heterocycles. The van der Waals surface area contributed by atoms with E-state index in [-0.39, 0.29) is 11.8 Å². The molecule has 0 N–H and O–H groups in total. The first-order valence-corrected chi connectivity index (χ1v) is 4.28. The molecule has 1 aliphatic heterocycles. The minimum atomic E-state index is -0.453. The van der Waals surface area contributed by atoms with Gasteiger partial charge in [-0.1, -0.05) is 6.58 Å². The lowest BCUT2D eigenvalue weighted by Crippen LogP contribution is -2.74. The van der Waals surface area contributed by atoms with Gasteiger partial charge >= 0.3 is 0 Å². The second kappa shape index (κ2) is 2.44. The van der Waals surface area contributed by atoms with E-state index in [0.717, 1.165) is 0 Å². The number of hydrogen-bond donors (Lipinski definition) is 0. The number of hydrogen-bond acceptors (Lipinski definition) is 2. The Morgan fingerprint density at radius 2 is 1.85 bits per heavy atom. The largest absolute Gasteiger partial charge is 0.274 e. The van der Waals surface area contributed by atoms with Gasteiger partial charge in [-0.2, -0.15) is 0 Å². The lowest BCUT2D eigenvalue weighted by molar-refractivity contribution is -0.185. The van der Waals surface area contributed by atoms with Crippen molar-refractivity contribution >= 4 is 11.8 Å². The van der Waals surface area contributed by atoms with Gasteiger partial charge < -0.3 is 0 Å². The van der Waals surface area contributed by atoms with Crippen LogP contribution in [0.5, 0.6) is 0 Å². The summed E-state index contributed by atoms with van der Waals surface area (Å²) in [5, 5.41) is 0. The van der Waals surface area contributed by atoms with Crippen LogP contribution in [0.3, 0.4) is 0 Å². The van der Waals surface area contributed by atoms with E-state index in [2.05, 4.69) is 6.58 Å². The Kier molecular flexibility index (Phi) is 1.87. The number of β-lactam (4-membered cyclic amide) rings is 1. The Morgan fingerprint density at radius 1 is 1.38 bits per heavy atom. The van der Waals surface area contributed by atoms with Crippen molar-refractivity contribution < 1.29 is 9.59 Å². The molecule has 1 saturated heterocycles. The van der Waals surface area contributed by atoms with Crippen LogP contribution in [0.15, 0.2) is 12.7 Å². The summed E-state index contributed by atoms with van der Waals surface area (Å²) in [5.41, 5.74) is -0.860. The minimum absolute atomic E-state index is 0.123. The van der Waals surface area contributed by atoms with Crippen LogP contribution in [0.2, 0.25) is 0 Å². The first kappa shape index (κ1) is 9.96. The van der Waals surface area contributed by atoms with E-state index in [1.165, 1.54) is 11.0 Å². The molecule has 0 unspecified atom stereocenters. The van der Waals surface area contributed by atoms with Crippen molar-refractivity contribution in [3.05, 3.63) is 12.7 Å². The van der Waals surface area contributed by atoms with Crippen molar-refractivity contribution in [2.24, 2.45) is 5.41 Å². The highest BCUT2D eigenvalue weighted by Crippen LogP contribution is 2.47. The summed E-state index contributed by atoms with van der Waals surface area (Å²) in [6, 6.07) is 0. The van der Waals surface area contributed by atoms with E-state index in [1.807, 2.05) is 27.7 Å². The van der Waals surface area contributed by atoms with Crippen molar-refractivity contribution in [1.82, 2.24) is 4.90 Å². The molecule has 0 radical (unpaired) electrons. The van der Waals surface area contributed by atoms with Crippen LogP contribution in [0, 0.1) is 5.41 Å². The summed E-state index contributed by atoms with van der Waals surface area (Å²) in [6.45, 7) is 10.8. The number of imide groups is 1. The monoisotopic (exact) mass is 181 g/mol. The number of nitrogens with zero attached hydrogens (tertiary/aromatic N) is 1. The Morgan fingerprint density at radius 3 is 2.15 bits per heavy atom. The maximum atomic E-state index is 11.6. The van der Waals surface area contributed by atoms with Gasteiger partial charge in [-0.05, 0) is 33.8 Å². The second-order valence-electron chi connectivity index (χ2n) is 4.37. The second-order valence-corrected chi connectivity index (χ2v) is 4.37. The summed E-state index contributed by atoms with van der Waals surface area (Å²) in [4.78, 5) is 24.1. The SMILES string of the molecule is C=CC(=O)N1C(=O)C(C)(C)C1(C)C. The maximum absolute atomic E-state index is 11.6. The molecule has 0 saturated carbocycles. The van der Waals surface area contributed by atoms with Crippen LogP contribution < -0.4 is 0 Å². The molecular formula is C10H15NO2. The standard InChI is InChI=1S/C10H15NO2/c1-6-7(12)11-8(13)9(2,3)10(11,4)5/h6H,1H2,2-5H3. The Balaban J connectivity index is 3.01. The predicted octanol–water partition coefficient (Wildman–Crippen LogP) is 1.35. The molecular weight excluding hydrogens is 166 g/mol. The molecule has 1 rings (SSSR count). The van der Waals surface area contributed by atoms with Crippen LogP contribution in [0.4, 0.5) is 0 Å². The van der Waals surface area contributed by atoms with Gasteiger partial charge in [0, 0.05) is 0 Å². The highest BCUT2D eigenvalue weighted by atomic mass is 16.2. The van der Waals surface area contributed by atoms with E-state index in [0.29, 0.717) is 0 Å². The molecule has 0 spiro atoms. The zero-order chi connectivity index (χ0) is 10.4. The van der Waals surface area contributed by atoms with Gasteiger partial charge in [0.2, 0.25) is 5.91 Å². The zero-order valence-corrected chi connectivity index (χ0v) is 8.55. The van der Waals surface area contributed by atoms with Crippen LogP contribution in [-0.2, 0) is 9.59 Å². The summed E-state index contributed by atoms with van der Waals surface area (Å²) in [6.07, 6.45) is 1.18. The number of carbonyl (C=O) groups excluding carboxylic acids is 2. The minimum Gasteiger partial charge on any atom is -0.274 e. The maximum Gasteiger partial charge on any atom is 0.253 e. The Bertz CT molecular complexity index is 289. The van der Waals surface area contributed by atoms with Gasteiger partial charge in [-0.3, -0.25) is 14.5 Å². The van der Waals surface area contributed by atoms with Crippen molar-refractivity contribution in [2.75, 3.05) is 0 Å². The van der Waals surface area contributed by atoms with Crippen LogP contribution >= 0.6 is 0 Å². The fourth-order valence-electron chi connectivity index (χ4n) is 1.49. The quantitative estimate of drug-likeness (QED) is 0.452. The van der Waals surface area contributed by atoms with Crippen LogP contribution in [0.25, 0.3) is 0 Å². The van der Waals surface area contributed by atoms with Crippen molar-refractivity contribution in [2.45, 2.75) is 33.2 Å². The number of likely N-dealkylation sites (tertiary alicyclic amines) is 1. The fourth-order valence-corrected chi connectivity index (χ4v) is 1.49. The first-order valence-electron chi connectivity index (χ1n) is 4.28. The molecule has 13 heavy (non-hydrogen) atoms. The van der Waals surface area contributed by atoms with E-state index < -0.39 is 11.0 Å². The van der Waals surface area contributed by atoms with E-state index in [4.69, 9.17) is 0 Å². The average Bonchev–Trinajstić information content (AvgIpc) is 2.03. The molecule has 1 fully saturated rings. The molecule has 1 aliphatic rings. The first-order chi connectivity index (χ1) is 5.76. The van der Waals surface area contributed by atoms with Crippen molar-refractivity contribution in [3.8, 4) is 0 Å². The molecule has 0 aromatic rings. The van der Waals surface area contributed by atoms with E-state index in [9.17, 15) is 9.59 Å². The van der Waals surface area contributed by atoms with Gasteiger partial charge in [0.1, 0.15) is 0 Å². The highest BCUT2D eigenvalue weighted by Gasteiger charge is 2.62. The molecule has 3 heteroatoms. The molecule has 3 nitrogen and oxygen atoms in total. The fraction of sp³-hybridized carbons (Fsp3) is 0.600. The Hall–Kier alpha value is -1.12. The van der Waals surface area contributed by atoms with E-state index in [1.54, 1.807) is 0 Å². The van der Waals surface area contributed by atoms with Gasteiger partial charge in [0.05, 0.1) is 11.0 Å². The summed E-state index contributed by atoms with van der Waals surface area (Å²) < 4.78 is 0. The molecule has 2 amide bonds. The third-order valence-electron chi connectivity index (χ3n) is 3.22. The normalized spacial score (nSPS) is 23.7. The Labute approximate surface area is 78.4 Å². The third-order valence-corrected chi connectivity index (χ3v) is 3.22. The highest BCUT2D eigenvalue weighted by molar-refractivity contribution is 6.08. The van der Waals surface area contributed by atoms with Gasteiger partial charge in [-0.15, -0.1) is 0 Å². The third kappa shape index (κ3) is 0.961. The van der Waals surface area contributed by atoms with Gasteiger partial charge in [0.15, 0.2) is 0 Å². The topological polar surface area (TPSA) is 37.4 Å².